The molecule has 0 fully saturated rings. The van der Waals surface area contributed by atoms with Gasteiger partial charge in [-0.1, -0.05) is 6.07 Å². The van der Waals surface area contributed by atoms with E-state index in [0.717, 1.165) is 11.1 Å². The number of rotatable bonds is 11. The first-order chi connectivity index (χ1) is 21.3. The molecule has 3 aromatic rings. The Morgan fingerprint density at radius 3 is 2.50 bits per heavy atom. The number of hydrogen-bond acceptors (Lipinski definition) is 10. The Labute approximate surface area is 254 Å². The minimum Gasteiger partial charge on any atom is -0.493 e. The van der Waals surface area contributed by atoms with Crippen molar-refractivity contribution in [2.24, 2.45) is 0 Å². The minimum atomic E-state index is -0.433. The Morgan fingerprint density at radius 2 is 1.75 bits per heavy atom. The van der Waals surface area contributed by atoms with Gasteiger partial charge < -0.3 is 44.4 Å². The molecule has 0 unspecified atom stereocenters. The molecule has 12 heteroatoms. The topological polar surface area (TPSA) is 143 Å². The van der Waals surface area contributed by atoms with Gasteiger partial charge in [0.15, 0.2) is 23.0 Å². The van der Waals surface area contributed by atoms with Gasteiger partial charge in [-0.05, 0) is 59.9 Å². The molecule has 2 amide bonds. The van der Waals surface area contributed by atoms with E-state index < -0.39 is 6.04 Å². The van der Waals surface area contributed by atoms with Crippen LogP contribution in [0.15, 0.2) is 47.3 Å². The molecule has 1 aliphatic carbocycles. The molecule has 2 aliphatic rings. The van der Waals surface area contributed by atoms with Crippen LogP contribution in [0.4, 0.5) is 5.69 Å². The Hall–Kier alpha value is -5.13. The van der Waals surface area contributed by atoms with Crippen molar-refractivity contribution in [1.82, 2.24) is 10.6 Å². The largest absolute Gasteiger partial charge is 0.493 e. The molecule has 3 N–H and O–H groups in total. The Bertz CT molecular complexity index is 1630. The molecule has 0 bridgehead atoms. The van der Waals surface area contributed by atoms with Gasteiger partial charge in [-0.15, -0.1) is 0 Å². The maximum atomic E-state index is 13.4. The lowest BCUT2D eigenvalue weighted by molar-refractivity contribution is -0.120. The van der Waals surface area contributed by atoms with Crippen molar-refractivity contribution in [3.63, 3.8) is 0 Å². The highest BCUT2D eigenvalue weighted by atomic mass is 16.7. The zero-order valence-corrected chi connectivity index (χ0v) is 25.0. The van der Waals surface area contributed by atoms with E-state index in [0.29, 0.717) is 58.5 Å². The van der Waals surface area contributed by atoms with Crippen LogP contribution in [-0.2, 0) is 16.0 Å². The maximum absolute atomic E-state index is 13.4. The fourth-order valence-corrected chi connectivity index (χ4v) is 5.42. The van der Waals surface area contributed by atoms with Gasteiger partial charge in [0.05, 0.1) is 46.1 Å². The number of nitrogens with one attached hydrogen (secondary N) is 3. The predicted octanol–water partition coefficient (Wildman–Crippen LogP) is 3.20. The third kappa shape index (κ3) is 6.43. The summed E-state index contributed by atoms with van der Waals surface area (Å²) in [6.07, 6.45) is 1.13. The number of methoxy groups -OCH3 is 3. The summed E-state index contributed by atoms with van der Waals surface area (Å²) in [4.78, 5) is 38.1. The normalized spacial score (nSPS) is 14.3. The fourth-order valence-electron chi connectivity index (χ4n) is 5.42. The summed E-state index contributed by atoms with van der Waals surface area (Å²) in [5, 5.41) is 8.70. The molecule has 44 heavy (non-hydrogen) atoms. The number of carbonyl (C=O) groups is 2. The number of anilines is 1. The second-order valence-electron chi connectivity index (χ2n) is 10.2. The van der Waals surface area contributed by atoms with Crippen LogP contribution in [0.3, 0.4) is 0 Å². The van der Waals surface area contributed by atoms with Crippen LogP contribution in [0.1, 0.15) is 30.5 Å². The van der Waals surface area contributed by atoms with Gasteiger partial charge in [0, 0.05) is 18.6 Å². The first-order valence-corrected chi connectivity index (χ1v) is 14.1. The van der Waals surface area contributed by atoms with E-state index in [2.05, 4.69) is 16.0 Å². The van der Waals surface area contributed by atoms with Crippen molar-refractivity contribution in [2.75, 3.05) is 53.1 Å². The smallest absolute Gasteiger partial charge is 0.239 e. The maximum Gasteiger partial charge on any atom is 0.239 e. The second-order valence-corrected chi connectivity index (χ2v) is 10.2. The zero-order valence-electron chi connectivity index (χ0n) is 25.0. The summed E-state index contributed by atoms with van der Waals surface area (Å²) in [6.45, 7) is 1.99. The molecule has 12 nitrogen and oxygen atoms in total. The van der Waals surface area contributed by atoms with Crippen LogP contribution in [-0.4, -0.2) is 59.6 Å². The fraction of sp³-hybridized carbons (Fsp3) is 0.344. The van der Waals surface area contributed by atoms with Crippen molar-refractivity contribution in [1.29, 1.82) is 0 Å². The third-order valence-corrected chi connectivity index (χ3v) is 7.39. The first-order valence-electron chi connectivity index (χ1n) is 14.1. The highest BCUT2D eigenvalue weighted by Crippen LogP contribution is 2.50. The van der Waals surface area contributed by atoms with Crippen LogP contribution >= 0.6 is 0 Å². The minimum absolute atomic E-state index is 0.131. The van der Waals surface area contributed by atoms with Gasteiger partial charge in [0.25, 0.3) is 0 Å². The number of carbonyl (C=O) groups excluding carboxylic acids is 2. The lowest BCUT2D eigenvalue weighted by Crippen LogP contribution is -2.33. The summed E-state index contributed by atoms with van der Waals surface area (Å²) < 4.78 is 33.3. The van der Waals surface area contributed by atoms with Crippen LogP contribution in [0.5, 0.6) is 34.5 Å². The lowest BCUT2D eigenvalue weighted by Gasteiger charge is -2.19. The van der Waals surface area contributed by atoms with E-state index in [-0.39, 0.29) is 49.4 Å². The molecule has 1 atom stereocenters. The molecule has 5 rings (SSSR count). The Kier molecular flexibility index (Phi) is 9.27. The molecule has 0 saturated heterocycles. The summed E-state index contributed by atoms with van der Waals surface area (Å²) in [6, 6.07) is 11.6. The number of fused-ring (bicyclic) bond motifs is 4. The van der Waals surface area contributed by atoms with Crippen LogP contribution < -0.4 is 49.8 Å². The number of ether oxygens (including phenoxy) is 6. The van der Waals surface area contributed by atoms with E-state index in [4.69, 9.17) is 28.4 Å². The quantitative estimate of drug-likeness (QED) is 0.279. The second kappa shape index (κ2) is 13.4. The van der Waals surface area contributed by atoms with Gasteiger partial charge in [-0.25, -0.2) is 0 Å². The van der Waals surface area contributed by atoms with Crippen molar-refractivity contribution >= 4 is 17.5 Å². The van der Waals surface area contributed by atoms with Gasteiger partial charge in [0.2, 0.25) is 29.8 Å². The Morgan fingerprint density at radius 1 is 0.955 bits per heavy atom. The number of hydrogen-bond donors (Lipinski definition) is 3. The molecule has 1 aliphatic heterocycles. The standard InChI is InChI=1S/C32H35N3O9/c1-18(36)35-23-8-5-19-13-28(39-2)31(40-3)32(41-4)30(19)21-7-9-24(25(37)15-22(21)23)34-16-29(38)33-11-12-42-20-6-10-26-27(14-20)44-17-43-26/h6-7,9-10,13-15,23H,5,8,11-12,16-17H2,1-4H3,(H,33,38)(H,34,37)(H,35,36)/t23-/m0/s1. The monoisotopic (exact) mass is 605 g/mol. The summed E-state index contributed by atoms with van der Waals surface area (Å²) in [7, 11) is 4.63. The average molecular weight is 606 g/mol. The average Bonchev–Trinajstić information content (AvgIpc) is 3.36. The van der Waals surface area contributed by atoms with Crippen molar-refractivity contribution < 1.29 is 38.0 Å². The van der Waals surface area contributed by atoms with E-state index in [1.54, 1.807) is 44.6 Å². The molecule has 232 valence electrons. The van der Waals surface area contributed by atoms with E-state index in [9.17, 15) is 14.4 Å². The van der Waals surface area contributed by atoms with E-state index in [1.165, 1.54) is 20.1 Å². The molecule has 3 aromatic carbocycles. The highest BCUT2D eigenvalue weighted by molar-refractivity contribution is 5.84. The van der Waals surface area contributed by atoms with Gasteiger partial charge >= 0.3 is 0 Å². The lowest BCUT2D eigenvalue weighted by atomic mass is 9.95. The summed E-state index contributed by atoms with van der Waals surface area (Å²) >= 11 is 0. The number of benzene rings is 2. The molecule has 0 spiro atoms. The van der Waals surface area contributed by atoms with Crippen molar-refractivity contribution in [2.45, 2.75) is 25.8 Å². The molecule has 0 aromatic heterocycles. The van der Waals surface area contributed by atoms with Crippen LogP contribution in [0.2, 0.25) is 0 Å². The number of aryl methyl sites for hydroxylation is 1. The molecule has 0 radical (unpaired) electrons. The molecule has 0 saturated carbocycles. The molecular weight excluding hydrogens is 570 g/mol. The summed E-state index contributed by atoms with van der Waals surface area (Å²) in [5.74, 6) is 2.74. The van der Waals surface area contributed by atoms with E-state index >= 15 is 0 Å². The summed E-state index contributed by atoms with van der Waals surface area (Å²) in [5.41, 5.74) is 2.90. The van der Waals surface area contributed by atoms with E-state index in [1.807, 2.05) is 6.07 Å². The first kappa shape index (κ1) is 30.3. The van der Waals surface area contributed by atoms with Crippen molar-refractivity contribution in [3.05, 3.63) is 63.8 Å². The van der Waals surface area contributed by atoms with Crippen LogP contribution in [0.25, 0.3) is 11.1 Å². The van der Waals surface area contributed by atoms with Gasteiger partial charge in [-0.2, -0.15) is 0 Å². The SMILES string of the molecule is COc1cc2c(c(OC)c1OC)-c1ccc(NCC(=O)NCCOc3ccc4c(c3)OCO4)c(=O)cc1[C@@H](NC(C)=O)CC2. The number of amides is 2. The van der Waals surface area contributed by atoms with Crippen molar-refractivity contribution in [3.8, 4) is 45.6 Å². The van der Waals surface area contributed by atoms with Crippen LogP contribution in [0, 0.1) is 0 Å². The highest BCUT2D eigenvalue weighted by Gasteiger charge is 2.29. The Balaban J connectivity index is 1.34. The predicted molar refractivity (Wildman–Crippen MR) is 162 cm³/mol. The zero-order chi connectivity index (χ0) is 31.2. The molecule has 1 heterocycles. The van der Waals surface area contributed by atoms with Gasteiger partial charge in [-0.3, -0.25) is 14.4 Å². The van der Waals surface area contributed by atoms with Gasteiger partial charge in [0.1, 0.15) is 12.4 Å². The molecular formula is C32H35N3O9. The third-order valence-electron chi connectivity index (χ3n) is 7.39.